The van der Waals surface area contributed by atoms with Crippen LogP contribution in [0.5, 0.6) is 0 Å². The van der Waals surface area contributed by atoms with Crippen LogP contribution in [0.15, 0.2) is 18.2 Å². The Morgan fingerprint density at radius 2 is 2.06 bits per heavy atom. The molecule has 3 nitrogen and oxygen atoms in total. The molecule has 16 heavy (non-hydrogen) atoms. The van der Waals surface area contributed by atoms with Crippen LogP contribution in [-0.2, 0) is 6.54 Å². The highest BCUT2D eigenvalue weighted by Crippen LogP contribution is 2.12. The number of aryl methyl sites for hydroxylation is 2. The fourth-order valence-corrected chi connectivity index (χ4v) is 1.84. The van der Waals surface area contributed by atoms with Gasteiger partial charge in [0.25, 0.3) is 0 Å². The summed E-state index contributed by atoms with van der Waals surface area (Å²) in [4.78, 5) is 2.14. The first-order valence-corrected chi connectivity index (χ1v) is 5.64. The summed E-state index contributed by atoms with van der Waals surface area (Å²) < 4.78 is 0. The minimum atomic E-state index is -0.157. The van der Waals surface area contributed by atoms with Crippen molar-refractivity contribution in [3.05, 3.63) is 34.9 Å². The Balaban J connectivity index is 2.59. The SMILES string of the molecule is Cc1ccc(CN(C)CC(N)CO)c(C)c1. The first-order chi connectivity index (χ1) is 7.52. The van der Waals surface area contributed by atoms with E-state index in [1.165, 1.54) is 16.7 Å². The summed E-state index contributed by atoms with van der Waals surface area (Å²) in [5, 5.41) is 8.89. The van der Waals surface area contributed by atoms with Crippen LogP contribution in [0.3, 0.4) is 0 Å². The third-order valence-corrected chi connectivity index (χ3v) is 2.72. The summed E-state index contributed by atoms with van der Waals surface area (Å²) in [7, 11) is 2.02. The van der Waals surface area contributed by atoms with Crippen LogP contribution in [-0.4, -0.2) is 36.2 Å². The van der Waals surface area contributed by atoms with Crippen molar-refractivity contribution in [1.29, 1.82) is 0 Å². The smallest absolute Gasteiger partial charge is 0.0595 e. The zero-order valence-electron chi connectivity index (χ0n) is 10.4. The molecule has 0 aromatic heterocycles. The van der Waals surface area contributed by atoms with E-state index in [-0.39, 0.29) is 12.6 Å². The van der Waals surface area contributed by atoms with Gasteiger partial charge in [-0.3, -0.25) is 0 Å². The van der Waals surface area contributed by atoms with Gasteiger partial charge in [-0.25, -0.2) is 0 Å². The predicted octanol–water partition coefficient (Wildman–Crippen LogP) is 1.05. The topological polar surface area (TPSA) is 49.5 Å². The number of aliphatic hydroxyl groups is 1. The third kappa shape index (κ3) is 3.93. The van der Waals surface area contributed by atoms with Crippen LogP contribution in [0.2, 0.25) is 0 Å². The zero-order chi connectivity index (χ0) is 12.1. The monoisotopic (exact) mass is 222 g/mol. The molecule has 0 radical (unpaired) electrons. The van der Waals surface area contributed by atoms with Gasteiger partial charge in [-0.05, 0) is 32.0 Å². The molecule has 3 N–H and O–H groups in total. The lowest BCUT2D eigenvalue weighted by atomic mass is 10.1. The van der Waals surface area contributed by atoms with Gasteiger partial charge in [0.15, 0.2) is 0 Å². The van der Waals surface area contributed by atoms with E-state index in [9.17, 15) is 0 Å². The van der Waals surface area contributed by atoms with Gasteiger partial charge in [-0.2, -0.15) is 0 Å². The molecule has 0 spiro atoms. The van der Waals surface area contributed by atoms with Crippen molar-refractivity contribution in [2.45, 2.75) is 26.4 Å². The summed E-state index contributed by atoms with van der Waals surface area (Å²) in [5.41, 5.74) is 9.61. The van der Waals surface area contributed by atoms with E-state index in [0.717, 1.165) is 6.54 Å². The second-order valence-electron chi connectivity index (χ2n) is 4.57. The number of hydrogen-bond donors (Lipinski definition) is 2. The van der Waals surface area contributed by atoms with Gasteiger partial charge in [0, 0.05) is 19.1 Å². The first-order valence-electron chi connectivity index (χ1n) is 5.64. The zero-order valence-corrected chi connectivity index (χ0v) is 10.4. The molecular formula is C13H22N2O. The second kappa shape index (κ2) is 5.99. The van der Waals surface area contributed by atoms with Gasteiger partial charge in [0.2, 0.25) is 0 Å². The molecule has 90 valence electrons. The Morgan fingerprint density at radius 1 is 1.38 bits per heavy atom. The normalized spacial score (nSPS) is 13.1. The molecule has 0 bridgehead atoms. The lowest BCUT2D eigenvalue weighted by molar-refractivity contribution is 0.218. The Hall–Kier alpha value is -0.900. The van der Waals surface area contributed by atoms with E-state index >= 15 is 0 Å². The number of nitrogens with two attached hydrogens (primary N) is 1. The first kappa shape index (κ1) is 13.2. The lowest BCUT2D eigenvalue weighted by Gasteiger charge is -2.21. The molecule has 0 aliphatic carbocycles. The molecular weight excluding hydrogens is 200 g/mol. The predicted molar refractivity (Wildman–Crippen MR) is 67.3 cm³/mol. The molecule has 1 aromatic rings. The van der Waals surface area contributed by atoms with E-state index in [1.54, 1.807) is 0 Å². The fourth-order valence-electron chi connectivity index (χ4n) is 1.84. The molecule has 0 saturated heterocycles. The van der Waals surface area contributed by atoms with E-state index in [0.29, 0.717) is 6.54 Å². The van der Waals surface area contributed by atoms with Gasteiger partial charge in [-0.1, -0.05) is 23.8 Å². The fraction of sp³-hybridized carbons (Fsp3) is 0.538. The Kier molecular flexibility index (Phi) is 4.93. The highest BCUT2D eigenvalue weighted by molar-refractivity contribution is 5.30. The lowest BCUT2D eigenvalue weighted by Crippen LogP contribution is -2.37. The molecule has 1 rings (SSSR count). The molecule has 0 heterocycles. The Bertz CT molecular complexity index is 339. The molecule has 0 aliphatic heterocycles. The minimum absolute atomic E-state index is 0.0389. The number of likely N-dealkylation sites (N-methyl/N-ethyl adjacent to an activating group) is 1. The molecule has 1 aromatic carbocycles. The highest BCUT2D eigenvalue weighted by Gasteiger charge is 2.07. The maximum absolute atomic E-state index is 8.89. The van der Waals surface area contributed by atoms with Crippen molar-refractivity contribution in [2.75, 3.05) is 20.2 Å². The van der Waals surface area contributed by atoms with Crippen LogP contribution >= 0.6 is 0 Å². The van der Waals surface area contributed by atoms with Crippen LogP contribution in [0, 0.1) is 13.8 Å². The Labute approximate surface area is 97.9 Å². The van der Waals surface area contributed by atoms with Crippen molar-refractivity contribution in [3.63, 3.8) is 0 Å². The van der Waals surface area contributed by atoms with E-state index < -0.39 is 0 Å². The molecule has 0 saturated carbocycles. The van der Waals surface area contributed by atoms with Crippen molar-refractivity contribution in [2.24, 2.45) is 5.73 Å². The third-order valence-electron chi connectivity index (χ3n) is 2.72. The van der Waals surface area contributed by atoms with Crippen LogP contribution in [0.4, 0.5) is 0 Å². The molecule has 0 fully saturated rings. The maximum atomic E-state index is 8.89. The number of benzene rings is 1. The number of hydrogen-bond acceptors (Lipinski definition) is 3. The van der Waals surface area contributed by atoms with E-state index in [2.05, 4.69) is 36.9 Å². The summed E-state index contributed by atoms with van der Waals surface area (Å²) in [6.45, 7) is 5.85. The van der Waals surface area contributed by atoms with Gasteiger partial charge in [0.05, 0.1) is 6.61 Å². The van der Waals surface area contributed by atoms with Crippen molar-refractivity contribution >= 4 is 0 Å². The Morgan fingerprint density at radius 3 is 2.62 bits per heavy atom. The standard InChI is InChI=1S/C13H22N2O/c1-10-4-5-12(11(2)6-10)7-15(3)8-13(14)9-16/h4-6,13,16H,7-9,14H2,1-3H3. The summed E-state index contributed by atoms with van der Waals surface area (Å²) in [5.74, 6) is 0. The quantitative estimate of drug-likeness (QED) is 0.783. The molecule has 1 unspecified atom stereocenters. The van der Waals surface area contributed by atoms with Gasteiger partial charge in [-0.15, -0.1) is 0 Å². The maximum Gasteiger partial charge on any atom is 0.0595 e. The van der Waals surface area contributed by atoms with E-state index in [1.807, 2.05) is 7.05 Å². The average molecular weight is 222 g/mol. The average Bonchev–Trinajstić information content (AvgIpc) is 2.22. The van der Waals surface area contributed by atoms with Crippen LogP contribution < -0.4 is 5.73 Å². The van der Waals surface area contributed by atoms with Crippen LogP contribution in [0.1, 0.15) is 16.7 Å². The van der Waals surface area contributed by atoms with Gasteiger partial charge >= 0.3 is 0 Å². The van der Waals surface area contributed by atoms with Crippen molar-refractivity contribution < 1.29 is 5.11 Å². The summed E-state index contributed by atoms with van der Waals surface area (Å²) in [6.07, 6.45) is 0. The summed E-state index contributed by atoms with van der Waals surface area (Å²) >= 11 is 0. The molecule has 3 heteroatoms. The highest BCUT2D eigenvalue weighted by atomic mass is 16.3. The molecule has 1 atom stereocenters. The van der Waals surface area contributed by atoms with Gasteiger partial charge < -0.3 is 15.7 Å². The van der Waals surface area contributed by atoms with Crippen molar-refractivity contribution in [1.82, 2.24) is 4.90 Å². The number of nitrogens with zero attached hydrogens (tertiary/aromatic N) is 1. The minimum Gasteiger partial charge on any atom is -0.395 e. The molecule has 0 amide bonds. The summed E-state index contributed by atoms with van der Waals surface area (Å²) in [6, 6.07) is 6.32. The second-order valence-corrected chi connectivity index (χ2v) is 4.57. The van der Waals surface area contributed by atoms with E-state index in [4.69, 9.17) is 10.8 Å². The van der Waals surface area contributed by atoms with Crippen molar-refractivity contribution in [3.8, 4) is 0 Å². The van der Waals surface area contributed by atoms with Gasteiger partial charge in [0.1, 0.15) is 0 Å². The number of rotatable bonds is 5. The molecule has 0 aliphatic rings. The largest absolute Gasteiger partial charge is 0.395 e. The number of aliphatic hydroxyl groups excluding tert-OH is 1. The van der Waals surface area contributed by atoms with Crippen LogP contribution in [0.25, 0.3) is 0 Å².